The first-order valence-electron chi connectivity index (χ1n) is 30.0. The summed E-state index contributed by atoms with van der Waals surface area (Å²) >= 11 is 0. The van der Waals surface area contributed by atoms with Crippen molar-refractivity contribution in [2.45, 2.75) is 271 Å². The fourth-order valence-corrected chi connectivity index (χ4v) is 7.97. The Balaban J connectivity index is 4.41. The van der Waals surface area contributed by atoms with Crippen molar-refractivity contribution in [1.82, 2.24) is 0 Å². The Kier molecular flexibility index (Phi) is 56.9. The van der Waals surface area contributed by atoms with Crippen LogP contribution in [-0.4, -0.2) is 37.2 Å². The van der Waals surface area contributed by atoms with Crippen LogP contribution in [0.4, 0.5) is 0 Å². The van der Waals surface area contributed by atoms with E-state index in [0.717, 1.165) is 116 Å². The molecule has 73 heavy (non-hydrogen) atoms. The van der Waals surface area contributed by atoms with Crippen molar-refractivity contribution in [2.24, 2.45) is 0 Å². The van der Waals surface area contributed by atoms with E-state index in [-0.39, 0.29) is 37.5 Å². The molecule has 0 aromatic heterocycles. The first kappa shape index (κ1) is 68.8. The molecule has 0 saturated carbocycles. The average molecular weight is 1010 g/mol. The zero-order valence-electron chi connectivity index (χ0n) is 47.4. The molecule has 6 heteroatoms. The minimum absolute atomic E-state index is 0.0993. The summed E-state index contributed by atoms with van der Waals surface area (Å²) in [5.41, 5.74) is 0. The van der Waals surface area contributed by atoms with Crippen LogP contribution in [0.3, 0.4) is 0 Å². The van der Waals surface area contributed by atoms with Crippen molar-refractivity contribution in [1.29, 1.82) is 0 Å². The number of carbonyl (C=O) groups excluding carboxylic acids is 3. The molecule has 0 aromatic carbocycles. The van der Waals surface area contributed by atoms with Crippen molar-refractivity contribution in [3.8, 4) is 0 Å². The Morgan fingerprint density at radius 2 is 0.548 bits per heavy atom. The number of allylic oxidation sites excluding steroid dienone is 20. The van der Waals surface area contributed by atoms with Gasteiger partial charge in [-0.25, -0.2) is 0 Å². The largest absolute Gasteiger partial charge is 0.462 e. The van der Waals surface area contributed by atoms with Crippen LogP contribution in [0.1, 0.15) is 265 Å². The molecule has 0 radical (unpaired) electrons. The van der Waals surface area contributed by atoms with Crippen LogP contribution in [0.25, 0.3) is 0 Å². The number of esters is 3. The molecular weight excluding hydrogens is 901 g/mol. The van der Waals surface area contributed by atoms with Crippen molar-refractivity contribution in [3.63, 3.8) is 0 Å². The third kappa shape index (κ3) is 58.6. The predicted octanol–water partition coefficient (Wildman–Crippen LogP) is 20.4. The minimum Gasteiger partial charge on any atom is -0.462 e. The lowest BCUT2D eigenvalue weighted by molar-refractivity contribution is -0.167. The van der Waals surface area contributed by atoms with Gasteiger partial charge in [0.2, 0.25) is 0 Å². The highest BCUT2D eigenvalue weighted by Crippen LogP contribution is 2.14. The van der Waals surface area contributed by atoms with Gasteiger partial charge >= 0.3 is 17.9 Å². The van der Waals surface area contributed by atoms with E-state index in [2.05, 4.69) is 142 Å². The van der Waals surface area contributed by atoms with Gasteiger partial charge in [-0.1, -0.05) is 258 Å². The quantitative estimate of drug-likeness (QED) is 0.0261. The van der Waals surface area contributed by atoms with Gasteiger partial charge in [0.15, 0.2) is 6.10 Å². The van der Waals surface area contributed by atoms with Crippen LogP contribution in [0.2, 0.25) is 0 Å². The summed E-state index contributed by atoms with van der Waals surface area (Å²) in [5.74, 6) is -0.970. The van der Waals surface area contributed by atoms with Crippen LogP contribution in [0.15, 0.2) is 122 Å². The monoisotopic (exact) mass is 1010 g/mol. The van der Waals surface area contributed by atoms with Crippen molar-refractivity contribution >= 4 is 17.9 Å². The number of ether oxygens (including phenoxy) is 3. The van der Waals surface area contributed by atoms with E-state index in [1.807, 2.05) is 0 Å². The van der Waals surface area contributed by atoms with Crippen LogP contribution in [0, 0.1) is 0 Å². The van der Waals surface area contributed by atoms with Crippen LogP contribution in [0.5, 0.6) is 0 Å². The third-order valence-electron chi connectivity index (χ3n) is 12.5. The highest BCUT2D eigenvalue weighted by atomic mass is 16.6. The topological polar surface area (TPSA) is 78.9 Å². The zero-order valence-corrected chi connectivity index (χ0v) is 47.4. The van der Waals surface area contributed by atoms with E-state index in [0.29, 0.717) is 19.3 Å². The lowest BCUT2D eigenvalue weighted by atomic mass is 10.0. The zero-order chi connectivity index (χ0) is 52.9. The maximum absolute atomic E-state index is 12.8. The summed E-state index contributed by atoms with van der Waals surface area (Å²) in [7, 11) is 0. The molecule has 0 aliphatic heterocycles. The summed E-state index contributed by atoms with van der Waals surface area (Å²) < 4.78 is 16.8. The average Bonchev–Trinajstić information content (AvgIpc) is 3.39. The molecule has 0 aliphatic carbocycles. The fourth-order valence-electron chi connectivity index (χ4n) is 7.97. The van der Waals surface area contributed by atoms with E-state index >= 15 is 0 Å². The van der Waals surface area contributed by atoms with Gasteiger partial charge < -0.3 is 14.2 Å². The van der Waals surface area contributed by atoms with E-state index < -0.39 is 6.10 Å². The lowest BCUT2D eigenvalue weighted by Gasteiger charge is -2.18. The first-order valence-corrected chi connectivity index (χ1v) is 30.0. The number of hydrogen-bond acceptors (Lipinski definition) is 6. The molecule has 0 heterocycles. The summed E-state index contributed by atoms with van der Waals surface area (Å²) in [6, 6.07) is 0. The summed E-state index contributed by atoms with van der Waals surface area (Å²) in [4.78, 5) is 38.1. The Labute approximate surface area is 450 Å². The first-order chi connectivity index (χ1) is 36.0. The van der Waals surface area contributed by atoms with Gasteiger partial charge in [-0.3, -0.25) is 14.4 Å². The fraction of sp³-hybridized carbons (Fsp3) is 0.657. The number of rotatable bonds is 53. The molecule has 0 aromatic rings. The highest BCUT2D eigenvalue weighted by Gasteiger charge is 2.19. The molecule has 0 saturated heterocycles. The SMILES string of the molecule is CC/C=C\C/C=C\C/C=C\C/C=C\C/C=C\C/C=C\C/C=C\C/C=C\C/C=C\CCCC(=O)OCC(COC(=O)CCCCCCCCCCCCCC)OC(=O)CCCCCCC/C=C\CCCCCCC. The number of hydrogen-bond donors (Lipinski definition) is 0. The van der Waals surface area contributed by atoms with Gasteiger partial charge in [0.1, 0.15) is 13.2 Å². The van der Waals surface area contributed by atoms with Gasteiger partial charge in [0.25, 0.3) is 0 Å². The molecule has 0 rings (SSSR count). The highest BCUT2D eigenvalue weighted by molar-refractivity contribution is 5.71. The summed E-state index contributed by atoms with van der Waals surface area (Å²) in [6.45, 7) is 6.46. The minimum atomic E-state index is -0.806. The summed E-state index contributed by atoms with van der Waals surface area (Å²) in [6.07, 6.45) is 83.4. The molecule has 0 spiro atoms. The maximum atomic E-state index is 12.8. The van der Waals surface area contributed by atoms with Crippen molar-refractivity contribution in [2.75, 3.05) is 13.2 Å². The second-order valence-corrected chi connectivity index (χ2v) is 19.5. The van der Waals surface area contributed by atoms with Gasteiger partial charge in [0.05, 0.1) is 0 Å². The third-order valence-corrected chi connectivity index (χ3v) is 12.5. The van der Waals surface area contributed by atoms with E-state index in [4.69, 9.17) is 14.2 Å². The Morgan fingerprint density at radius 1 is 0.288 bits per heavy atom. The second-order valence-electron chi connectivity index (χ2n) is 19.5. The molecule has 1 atom stereocenters. The molecule has 0 N–H and O–H groups in total. The standard InChI is InChI=1S/C67H110O6/c1-4-7-10-13-16-19-22-25-27-28-29-30-31-32-33-34-35-36-37-38-39-40-41-43-45-48-51-54-57-60-66(69)72-63-64(62-71-65(68)59-56-53-50-47-44-24-21-18-15-12-9-6-3)73-67(70)61-58-55-52-49-46-42-26-23-20-17-14-11-8-5-2/h7,10,16,19,23,25-27,29-30,32-33,35-36,38-39,41,43,48,51,64H,4-6,8-9,11-15,17-18,20-22,24,28,31,34,37,40,42,44-47,49-50,52-63H2,1-3H3/b10-7-,19-16-,26-23-,27-25-,30-29-,33-32-,36-35-,39-38-,43-41-,51-48-. The Hall–Kier alpha value is -4.19. The van der Waals surface area contributed by atoms with Gasteiger partial charge in [-0.15, -0.1) is 0 Å². The van der Waals surface area contributed by atoms with Gasteiger partial charge in [0, 0.05) is 19.3 Å². The smallest absolute Gasteiger partial charge is 0.306 e. The van der Waals surface area contributed by atoms with E-state index in [1.54, 1.807) is 0 Å². The van der Waals surface area contributed by atoms with Crippen LogP contribution in [-0.2, 0) is 28.6 Å². The molecule has 414 valence electrons. The van der Waals surface area contributed by atoms with Crippen molar-refractivity contribution in [3.05, 3.63) is 122 Å². The lowest BCUT2D eigenvalue weighted by Crippen LogP contribution is -2.30. The molecule has 0 amide bonds. The normalized spacial score (nSPS) is 13.0. The van der Waals surface area contributed by atoms with Crippen LogP contribution < -0.4 is 0 Å². The Morgan fingerprint density at radius 3 is 0.904 bits per heavy atom. The van der Waals surface area contributed by atoms with Gasteiger partial charge in [-0.2, -0.15) is 0 Å². The second kappa shape index (κ2) is 60.4. The van der Waals surface area contributed by atoms with E-state index in [9.17, 15) is 14.4 Å². The molecular formula is C67H110O6. The number of unbranched alkanes of at least 4 members (excludes halogenated alkanes) is 22. The van der Waals surface area contributed by atoms with Gasteiger partial charge in [-0.05, 0) is 109 Å². The molecule has 0 bridgehead atoms. The van der Waals surface area contributed by atoms with Crippen molar-refractivity contribution < 1.29 is 28.6 Å². The van der Waals surface area contributed by atoms with E-state index in [1.165, 1.54) is 103 Å². The number of carbonyl (C=O) groups is 3. The molecule has 1 unspecified atom stereocenters. The molecule has 6 nitrogen and oxygen atoms in total. The predicted molar refractivity (Wildman–Crippen MR) is 316 cm³/mol. The van der Waals surface area contributed by atoms with Crippen LogP contribution >= 0.6 is 0 Å². The maximum Gasteiger partial charge on any atom is 0.306 e. The molecule has 0 aliphatic rings. The Bertz CT molecular complexity index is 1540. The molecule has 0 fully saturated rings. The summed E-state index contributed by atoms with van der Waals surface area (Å²) in [5, 5.41) is 0.